The molecule has 0 spiro atoms. The molecule has 152 valence electrons. The summed E-state index contributed by atoms with van der Waals surface area (Å²) in [5, 5.41) is 9.16. The number of halogens is 1. The van der Waals surface area contributed by atoms with Crippen LogP contribution in [0.25, 0.3) is 11.0 Å². The molecular formula is C19H22ClN7O2. The number of rotatable bonds is 4. The highest BCUT2D eigenvalue weighted by molar-refractivity contribution is 6.30. The Morgan fingerprint density at radius 3 is 2.59 bits per heavy atom. The van der Waals surface area contributed by atoms with Crippen LogP contribution in [0, 0.1) is 0 Å². The van der Waals surface area contributed by atoms with Crippen molar-refractivity contribution in [3.63, 3.8) is 0 Å². The number of carbonyl (C=O) groups is 1. The molecule has 0 saturated carbocycles. The molecule has 9 nitrogen and oxygen atoms in total. The molecule has 0 radical (unpaired) electrons. The topological polar surface area (TPSA) is 88.4 Å². The first-order valence-electron chi connectivity index (χ1n) is 9.44. The highest BCUT2D eigenvalue weighted by Gasteiger charge is 2.24. The van der Waals surface area contributed by atoms with Crippen LogP contribution in [0.2, 0.25) is 5.02 Å². The monoisotopic (exact) mass is 415 g/mol. The summed E-state index contributed by atoms with van der Waals surface area (Å²) in [5.74, 6) is 1.27. The zero-order valence-electron chi connectivity index (χ0n) is 16.3. The molecule has 2 aromatic heterocycles. The van der Waals surface area contributed by atoms with Gasteiger partial charge in [0.15, 0.2) is 5.65 Å². The second-order valence-electron chi connectivity index (χ2n) is 6.68. The molecule has 10 heteroatoms. The van der Waals surface area contributed by atoms with Crippen LogP contribution < -0.4 is 10.2 Å². The molecule has 0 unspecified atom stereocenters. The summed E-state index contributed by atoms with van der Waals surface area (Å²) < 4.78 is 6.81. The number of carbonyl (C=O) groups excluding carboxylic acids is 1. The number of hydrogen-bond donors (Lipinski definition) is 1. The summed E-state index contributed by atoms with van der Waals surface area (Å²) in [5.41, 5.74) is 1.61. The van der Waals surface area contributed by atoms with Crippen LogP contribution in [0.5, 0.6) is 0 Å². The minimum absolute atomic E-state index is 0.278. The smallest absolute Gasteiger partial charge is 0.409 e. The number of nitrogens with one attached hydrogen (secondary N) is 1. The SMILES string of the molecule is CCOC(=O)N1CCN(c2nc(Nc3ccc(Cl)cc3)c3cnn(C)c3n2)CC1. The minimum Gasteiger partial charge on any atom is -0.450 e. The van der Waals surface area contributed by atoms with Crippen LogP contribution in [0.4, 0.5) is 22.2 Å². The molecule has 1 aliphatic heterocycles. The Morgan fingerprint density at radius 2 is 1.90 bits per heavy atom. The molecule has 1 N–H and O–H groups in total. The van der Waals surface area contributed by atoms with Gasteiger partial charge in [0.2, 0.25) is 5.95 Å². The fourth-order valence-corrected chi connectivity index (χ4v) is 3.35. The Labute approximate surface area is 173 Å². The third-order valence-electron chi connectivity index (χ3n) is 4.78. The molecule has 1 amide bonds. The summed E-state index contributed by atoms with van der Waals surface area (Å²) in [6.45, 7) is 4.56. The lowest BCUT2D eigenvalue weighted by atomic mass is 10.3. The maximum atomic E-state index is 11.9. The average Bonchev–Trinajstić information content (AvgIpc) is 3.11. The van der Waals surface area contributed by atoms with Gasteiger partial charge in [-0.25, -0.2) is 4.79 Å². The summed E-state index contributed by atoms with van der Waals surface area (Å²) in [6, 6.07) is 7.43. The second-order valence-corrected chi connectivity index (χ2v) is 7.12. The molecule has 0 bridgehead atoms. The van der Waals surface area contributed by atoms with Gasteiger partial charge in [0, 0.05) is 43.9 Å². The zero-order valence-corrected chi connectivity index (χ0v) is 17.1. The van der Waals surface area contributed by atoms with Gasteiger partial charge in [-0.2, -0.15) is 15.1 Å². The van der Waals surface area contributed by atoms with Gasteiger partial charge in [-0.3, -0.25) is 4.68 Å². The van der Waals surface area contributed by atoms with E-state index in [-0.39, 0.29) is 6.09 Å². The minimum atomic E-state index is -0.278. The fraction of sp³-hybridized carbons (Fsp3) is 0.368. The number of piperazine rings is 1. The van der Waals surface area contributed by atoms with Crippen molar-refractivity contribution in [3.8, 4) is 0 Å². The van der Waals surface area contributed by atoms with E-state index in [0.29, 0.717) is 49.6 Å². The molecule has 29 heavy (non-hydrogen) atoms. The van der Waals surface area contributed by atoms with Crippen molar-refractivity contribution in [2.45, 2.75) is 6.92 Å². The zero-order chi connectivity index (χ0) is 20.4. The Bertz CT molecular complexity index is 1010. The van der Waals surface area contributed by atoms with Gasteiger partial charge in [0.05, 0.1) is 18.2 Å². The Kier molecular flexibility index (Phi) is 5.39. The Balaban J connectivity index is 1.59. The van der Waals surface area contributed by atoms with Crippen LogP contribution in [0.3, 0.4) is 0 Å². The first-order valence-corrected chi connectivity index (χ1v) is 9.82. The Hall–Kier alpha value is -3.07. The van der Waals surface area contributed by atoms with E-state index >= 15 is 0 Å². The van der Waals surface area contributed by atoms with Crippen LogP contribution >= 0.6 is 11.6 Å². The quantitative estimate of drug-likeness (QED) is 0.700. The van der Waals surface area contributed by atoms with Crippen molar-refractivity contribution in [2.75, 3.05) is 43.0 Å². The van der Waals surface area contributed by atoms with E-state index in [0.717, 1.165) is 16.7 Å². The lowest BCUT2D eigenvalue weighted by molar-refractivity contribution is 0.105. The molecule has 3 aromatic rings. The van der Waals surface area contributed by atoms with E-state index in [1.54, 1.807) is 22.7 Å². The standard InChI is InChI=1S/C19H22ClN7O2/c1-3-29-19(28)27-10-8-26(9-11-27)18-23-16(15-12-21-25(2)17(15)24-18)22-14-6-4-13(20)5-7-14/h4-7,12H,3,8-11H2,1-2H3,(H,22,23,24). The summed E-state index contributed by atoms with van der Waals surface area (Å²) in [4.78, 5) is 25.1. The van der Waals surface area contributed by atoms with Crippen molar-refractivity contribution >= 4 is 46.2 Å². The predicted molar refractivity (Wildman–Crippen MR) is 112 cm³/mol. The van der Waals surface area contributed by atoms with Gasteiger partial charge in [-0.15, -0.1) is 0 Å². The third-order valence-corrected chi connectivity index (χ3v) is 5.03. The number of anilines is 3. The molecule has 1 aromatic carbocycles. The summed E-state index contributed by atoms with van der Waals surface area (Å²) in [7, 11) is 1.85. The third kappa shape index (κ3) is 4.04. The number of amides is 1. The van der Waals surface area contributed by atoms with Crippen LogP contribution in [0.1, 0.15) is 6.92 Å². The van der Waals surface area contributed by atoms with Gasteiger partial charge in [0.1, 0.15) is 5.82 Å². The van der Waals surface area contributed by atoms with Crippen LogP contribution in [-0.4, -0.2) is 63.5 Å². The lowest BCUT2D eigenvalue weighted by Gasteiger charge is -2.34. The van der Waals surface area contributed by atoms with E-state index in [9.17, 15) is 4.79 Å². The van der Waals surface area contributed by atoms with Gasteiger partial charge in [-0.1, -0.05) is 11.6 Å². The van der Waals surface area contributed by atoms with E-state index in [1.807, 2.05) is 31.3 Å². The van der Waals surface area contributed by atoms with Gasteiger partial charge < -0.3 is 19.9 Å². The molecule has 1 saturated heterocycles. The van der Waals surface area contributed by atoms with Gasteiger partial charge in [-0.05, 0) is 31.2 Å². The Morgan fingerprint density at radius 1 is 1.17 bits per heavy atom. The largest absolute Gasteiger partial charge is 0.450 e. The highest BCUT2D eigenvalue weighted by Crippen LogP contribution is 2.27. The van der Waals surface area contributed by atoms with E-state index in [2.05, 4.69) is 15.3 Å². The van der Waals surface area contributed by atoms with Crippen molar-refractivity contribution in [1.29, 1.82) is 0 Å². The summed E-state index contributed by atoms with van der Waals surface area (Å²) in [6.07, 6.45) is 1.47. The number of aromatic nitrogens is 4. The highest BCUT2D eigenvalue weighted by atomic mass is 35.5. The molecule has 0 aliphatic carbocycles. The number of hydrogen-bond acceptors (Lipinski definition) is 7. The number of fused-ring (bicyclic) bond motifs is 1. The maximum Gasteiger partial charge on any atom is 0.409 e. The van der Waals surface area contributed by atoms with E-state index < -0.39 is 0 Å². The fourth-order valence-electron chi connectivity index (χ4n) is 3.22. The number of nitrogens with zero attached hydrogens (tertiary/aromatic N) is 6. The van der Waals surface area contributed by atoms with E-state index in [4.69, 9.17) is 26.3 Å². The van der Waals surface area contributed by atoms with Crippen molar-refractivity contribution in [3.05, 3.63) is 35.5 Å². The molecule has 0 atom stereocenters. The molecule has 4 rings (SSSR count). The van der Waals surface area contributed by atoms with Crippen LogP contribution in [-0.2, 0) is 11.8 Å². The summed E-state index contributed by atoms with van der Waals surface area (Å²) >= 11 is 5.98. The normalized spacial score (nSPS) is 14.3. The number of benzene rings is 1. The molecule has 3 heterocycles. The number of ether oxygens (including phenoxy) is 1. The van der Waals surface area contributed by atoms with Crippen molar-refractivity contribution in [2.24, 2.45) is 7.05 Å². The van der Waals surface area contributed by atoms with Crippen molar-refractivity contribution < 1.29 is 9.53 Å². The van der Waals surface area contributed by atoms with Gasteiger partial charge in [0.25, 0.3) is 0 Å². The second kappa shape index (κ2) is 8.12. The van der Waals surface area contributed by atoms with Gasteiger partial charge >= 0.3 is 6.09 Å². The first-order chi connectivity index (χ1) is 14.0. The lowest BCUT2D eigenvalue weighted by Crippen LogP contribution is -2.49. The first kappa shape index (κ1) is 19.3. The predicted octanol–water partition coefficient (Wildman–Crippen LogP) is 3.04. The van der Waals surface area contributed by atoms with E-state index in [1.165, 1.54) is 0 Å². The van der Waals surface area contributed by atoms with Crippen molar-refractivity contribution in [1.82, 2.24) is 24.6 Å². The molecular weight excluding hydrogens is 394 g/mol. The number of aryl methyl sites for hydroxylation is 1. The molecule has 1 fully saturated rings. The molecule has 1 aliphatic rings. The van der Waals surface area contributed by atoms with Crippen LogP contribution in [0.15, 0.2) is 30.5 Å². The maximum absolute atomic E-state index is 11.9. The average molecular weight is 416 g/mol.